The van der Waals surface area contributed by atoms with E-state index in [9.17, 15) is 4.79 Å². The smallest absolute Gasteiger partial charge is 0.236 e. The first-order valence-electron chi connectivity index (χ1n) is 9.37. The predicted octanol–water partition coefficient (Wildman–Crippen LogP) is 0.526. The number of amides is 1. The van der Waals surface area contributed by atoms with Crippen molar-refractivity contribution in [2.75, 3.05) is 79.8 Å². The lowest BCUT2D eigenvalue weighted by Gasteiger charge is -2.43. The highest BCUT2D eigenvalue weighted by molar-refractivity contribution is 5.77. The standard InChI is InChI=1S/C18H33N3O3/c1-19(2)17(22)12-21-8-10-24-15-18(14-21)4-6-20(7-5-18)11-16-3-9-23-13-16/h16H,3-15H2,1-2H3/t16-/m0/s1. The van der Waals surface area contributed by atoms with E-state index in [0.717, 1.165) is 58.5 Å². The lowest BCUT2D eigenvalue weighted by Crippen LogP contribution is -2.49. The molecule has 0 aromatic rings. The Hall–Kier alpha value is -0.690. The molecule has 0 bridgehead atoms. The number of piperidine rings is 1. The maximum absolute atomic E-state index is 12.1. The van der Waals surface area contributed by atoms with Crippen LogP contribution in [0.4, 0.5) is 0 Å². The Bertz CT molecular complexity index is 416. The van der Waals surface area contributed by atoms with Crippen LogP contribution >= 0.6 is 0 Å². The molecule has 3 saturated heterocycles. The summed E-state index contributed by atoms with van der Waals surface area (Å²) in [6.45, 7) is 9.31. The first-order valence-corrected chi connectivity index (χ1v) is 9.37. The molecule has 0 radical (unpaired) electrons. The summed E-state index contributed by atoms with van der Waals surface area (Å²) in [5.41, 5.74) is 0.228. The van der Waals surface area contributed by atoms with E-state index in [1.807, 2.05) is 14.1 Å². The van der Waals surface area contributed by atoms with Crippen LogP contribution < -0.4 is 0 Å². The molecule has 6 nitrogen and oxygen atoms in total. The Morgan fingerprint density at radius 2 is 1.92 bits per heavy atom. The van der Waals surface area contributed by atoms with Crippen molar-refractivity contribution < 1.29 is 14.3 Å². The molecule has 6 heteroatoms. The van der Waals surface area contributed by atoms with Crippen molar-refractivity contribution in [3.05, 3.63) is 0 Å². The summed E-state index contributed by atoms with van der Waals surface area (Å²) in [5.74, 6) is 0.907. The molecule has 1 atom stereocenters. The lowest BCUT2D eigenvalue weighted by molar-refractivity contribution is -0.130. The average Bonchev–Trinajstić information content (AvgIpc) is 2.99. The van der Waals surface area contributed by atoms with E-state index >= 15 is 0 Å². The Morgan fingerprint density at radius 3 is 2.58 bits per heavy atom. The van der Waals surface area contributed by atoms with Crippen LogP contribution in [0.15, 0.2) is 0 Å². The van der Waals surface area contributed by atoms with E-state index in [4.69, 9.17) is 9.47 Å². The van der Waals surface area contributed by atoms with Crippen molar-refractivity contribution >= 4 is 5.91 Å². The SMILES string of the molecule is CN(C)C(=O)CN1CCOCC2(CCN(C[C@@H]3CCOC3)CC2)C1. The van der Waals surface area contributed by atoms with Crippen molar-refractivity contribution in [2.45, 2.75) is 19.3 Å². The van der Waals surface area contributed by atoms with Gasteiger partial charge in [-0.25, -0.2) is 0 Å². The summed E-state index contributed by atoms with van der Waals surface area (Å²) in [7, 11) is 3.66. The van der Waals surface area contributed by atoms with Crippen LogP contribution in [-0.2, 0) is 14.3 Å². The Labute approximate surface area is 146 Å². The Morgan fingerprint density at radius 1 is 1.12 bits per heavy atom. The lowest BCUT2D eigenvalue weighted by atomic mass is 9.78. The molecule has 0 saturated carbocycles. The number of hydrogen-bond donors (Lipinski definition) is 0. The quantitative estimate of drug-likeness (QED) is 0.747. The zero-order chi connectivity index (χ0) is 17.0. The van der Waals surface area contributed by atoms with Gasteiger partial charge in [-0.1, -0.05) is 0 Å². The zero-order valence-corrected chi connectivity index (χ0v) is 15.3. The Balaban J connectivity index is 1.51. The molecule has 3 heterocycles. The summed E-state index contributed by atoms with van der Waals surface area (Å²) >= 11 is 0. The van der Waals surface area contributed by atoms with Crippen molar-refractivity contribution in [3.63, 3.8) is 0 Å². The monoisotopic (exact) mass is 339 g/mol. The number of rotatable bonds is 4. The number of carbonyl (C=O) groups is 1. The molecule has 0 aromatic carbocycles. The first kappa shape index (κ1) is 18.1. The fourth-order valence-corrected chi connectivity index (χ4v) is 4.15. The molecular formula is C18H33N3O3. The average molecular weight is 339 g/mol. The van der Waals surface area contributed by atoms with Crippen LogP contribution in [0.25, 0.3) is 0 Å². The van der Waals surface area contributed by atoms with Gasteiger partial charge in [-0.2, -0.15) is 0 Å². The molecule has 1 spiro atoms. The highest BCUT2D eigenvalue weighted by Gasteiger charge is 2.38. The predicted molar refractivity (Wildman–Crippen MR) is 93.0 cm³/mol. The number of carbonyl (C=O) groups excluding carboxylic acids is 1. The van der Waals surface area contributed by atoms with Gasteiger partial charge in [0, 0.05) is 45.8 Å². The minimum absolute atomic E-state index is 0.186. The van der Waals surface area contributed by atoms with Gasteiger partial charge >= 0.3 is 0 Å². The molecule has 0 unspecified atom stereocenters. The van der Waals surface area contributed by atoms with Gasteiger partial charge < -0.3 is 19.3 Å². The summed E-state index contributed by atoms with van der Waals surface area (Å²) in [6, 6.07) is 0. The fourth-order valence-electron chi connectivity index (χ4n) is 4.15. The second-order valence-electron chi connectivity index (χ2n) is 8.08. The van der Waals surface area contributed by atoms with Gasteiger partial charge in [-0.15, -0.1) is 0 Å². The largest absolute Gasteiger partial charge is 0.381 e. The summed E-state index contributed by atoms with van der Waals surface area (Å²) in [5, 5.41) is 0. The molecule has 0 N–H and O–H groups in total. The molecule has 0 aromatic heterocycles. The molecule has 138 valence electrons. The first-order chi connectivity index (χ1) is 11.6. The maximum atomic E-state index is 12.1. The minimum Gasteiger partial charge on any atom is -0.381 e. The van der Waals surface area contributed by atoms with E-state index in [0.29, 0.717) is 6.54 Å². The van der Waals surface area contributed by atoms with Crippen LogP contribution in [0, 0.1) is 11.3 Å². The highest BCUT2D eigenvalue weighted by Crippen LogP contribution is 2.34. The van der Waals surface area contributed by atoms with Gasteiger partial charge in [0.1, 0.15) is 0 Å². The van der Waals surface area contributed by atoms with E-state index in [2.05, 4.69) is 9.80 Å². The molecule has 3 aliphatic heterocycles. The summed E-state index contributed by atoms with van der Waals surface area (Å²) in [4.78, 5) is 18.7. The van der Waals surface area contributed by atoms with Crippen molar-refractivity contribution in [1.82, 2.24) is 14.7 Å². The number of nitrogens with zero attached hydrogens (tertiary/aromatic N) is 3. The molecule has 0 aliphatic carbocycles. The third kappa shape index (κ3) is 4.69. The number of likely N-dealkylation sites (N-methyl/N-ethyl adjacent to an activating group) is 1. The van der Waals surface area contributed by atoms with Gasteiger partial charge in [0.25, 0.3) is 0 Å². The zero-order valence-electron chi connectivity index (χ0n) is 15.3. The second kappa shape index (κ2) is 8.13. The third-order valence-electron chi connectivity index (χ3n) is 5.83. The van der Waals surface area contributed by atoms with Gasteiger partial charge in [-0.05, 0) is 38.3 Å². The fraction of sp³-hybridized carbons (Fsp3) is 0.944. The van der Waals surface area contributed by atoms with Crippen molar-refractivity contribution in [3.8, 4) is 0 Å². The van der Waals surface area contributed by atoms with Gasteiger partial charge in [0.15, 0.2) is 0 Å². The van der Waals surface area contributed by atoms with Crippen LogP contribution in [-0.4, -0.2) is 100 Å². The van der Waals surface area contributed by atoms with E-state index in [1.165, 1.54) is 25.8 Å². The van der Waals surface area contributed by atoms with Crippen LogP contribution in [0.1, 0.15) is 19.3 Å². The number of likely N-dealkylation sites (tertiary alicyclic amines) is 1. The second-order valence-corrected chi connectivity index (χ2v) is 8.08. The normalized spacial score (nSPS) is 28.8. The van der Waals surface area contributed by atoms with Crippen LogP contribution in [0.3, 0.4) is 0 Å². The maximum Gasteiger partial charge on any atom is 0.236 e. The highest BCUT2D eigenvalue weighted by atomic mass is 16.5. The number of hydrogen-bond acceptors (Lipinski definition) is 5. The van der Waals surface area contributed by atoms with Crippen molar-refractivity contribution in [1.29, 1.82) is 0 Å². The third-order valence-corrected chi connectivity index (χ3v) is 5.83. The molecule has 3 rings (SSSR count). The van der Waals surface area contributed by atoms with Crippen LogP contribution in [0.5, 0.6) is 0 Å². The van der Waals surface area contributed by atoms with Gasteiger partial charge in [0.2, 0.25) is 5.91 Å². The molecule has 1 amide bonds. The van der Waals surface area contributed by atoms with Crippen LogP contribution in [0.2, 0.25) is 0 Å². The molecule has 3 fully saturated rings. The summed E-state index contributed by atoms with van der Waals surface area (Å²) in [6.07, 6.45) is 3.56. The van der Waals surface area contributed by atoms with Crippen molar-refractivity contribution in [2.24, 2.45) is 11.3 Å². The van der Waals surface area contributed by atoms with E-state index in [1.54, 1.807) is 4.90 Å². The molecule has 24 heavy (non-hydrogen) atoms. The topological polar surface area (TPSA) is 45.2 Å². The van der Waals surface area contributed by atoms with E-state index < -0.39 is 0 Å². The van der Waals surface area contributed by atoms with E-state index in [-0.39, 0.29) is 11.3 Å². The Kier molecular flexibility index (Phi) is 6.13. The van der Waals surface area contributed by atoms with Gasteiger partial charge in [0.05, 0.1) is 26.4 Å². The molecular weight excluding hydrogens is 306 g/mol. The molecule has 3 aliphatic rings. The summed E-state index contributed by atoms with van der Waals surface area (Å²) < 4.78 is 11.4. The minimum atomic E-state index is 0.186. The number of ether oxygens (including phenoxy) is 2. The van der Waals surface area contributed by atoms with Gasteiger partial charge in [-0.3, -0.25) is 9.69 Å².